The summed E-state index contributed by atoms with van der Waals surface area (Å²) in [5, 5.41) is 0. The fourth-order valence-corrected chi connectivity index (χ4v) is 2.01. The minimum absolute atomic E-state index is 0.313. The number of nitrogens with zero attached hydrogens (tertiary/aromatic N) is 1. The third kappa shape index (κ3) is 3.47. The number of ketones is 1. The molecule has 0 aliphatic carbocycles. The molecule has 0 aromatic heterocycles. The lowest BCUT2D eigenvalue weighted by Crippen LogP contribution is -2.48. The highest BCUT2D eigenvalue weighted by atomic mass is 19.4. The van der Waals surface area contributed by atoms with E-state index in [1.54, 1.807) is 13.8 Å². The third-order valence-electron chi connectivity index (χ3n) is 3.21. The molecule has 5 heteroatoms. The molecule has 0 aromatic rings. The molecule has 0 saturated carbocycles. The summed E-state index contributed by atoms with van der Waals surface area (Å²) in [6, 6.07) is 0. The summed E-state index contributed by atoms with van der Waals surface area (Å²) >= 11 is 0. The van der Waals surface area contributed by atoms with Crippen molar-refractivity contribution in [2.24, 2.45) is 0 Å². The van der Waals surface area contributed by atoms with Crippen molar-refractivity contribution in [1.82, 2.24) is 4.90 Å². The predicted octanol–water partition coefficient (Wildman–Crippen LogP) is 2.77. The second-order valence-electron chi connectivity index (χ2n) is 4.79. The maximum atomic E-state index is 12.0. The maximum Gasteiger partial charge on any atom is 0.389 e. The van der Waals surface area contributed by atoms with Gasteiger partial charge in [-0.1, -0.05) is 0 Å². The van der Waals surface area contributed by atoms with E-state index in [0.717, 1.165) is 25.9 Å². The van der Waals surface area contributed by atoms with Gasteiger partial charge in [-0.3, -0.25) is 9.69 Å². The molecule has 0 bridgehead atoms. The molecule has 0 spiro atoms. The molecule has 16 heavy (non-hydrogen) atoms. The van der Waals surface area contributed by atoms with Crippen LogP contribution in [0.25, 0.3) is 0 Å². The Morgan fingerprint density at radius 2 is 1.69 bits per heavy atom. The van der Waals surface area contributed by atoms with E-state index in [1.807, 2.05) is 4.90 Å². The van der Waals surface area contributed by atoms with Gasteiger partial charge in [0.05, 0.1) is 12.0 Å². The lowest BCUT2D eigenvalue weighted by atomic mass is 9.93. The first-order valence-electron chi connectivity index (χ1n) is 5.58. The van der Waals surface area contributed by atoms with E-state index in [2.05, 4.69) is 0 Å². The van der Waals surface area contributed by atoms with E-state index in [4.69, 9.17) is 0 Å². The predicted molar refractivity (Wildman–Crippen MR) is 55.2 cm³/mol. The van der Waals surface area contributed by atoms with Crippen molar-refractivity contribution in [2.45, 2.75) is 51.2 Å². The fourth-order valence-electron chi connectivity index (χ4n) is 2.01. The van der Waals surface area contributed by atoms with Gasteiger partial charge in [-0.25, -0.2) is 0 Å². The van der Waals surface area contributed by atoms with Crippen LogP contribution in [0.5, 0.6) is 0 Å². The van der Waals surface area contributed by atoms with Gasteiger partial charge in [0.15, 0.2) is 5.78 Å². The molecule has 0 radical (unpaired) electrons. The third-order valence-corrected chi connectivity index (χ3v) is 3.21. The van der Waals surface area contributed by atoms with Gasteiger partial charge >= 0.3 is 6.18 Å². The number of hydrogen-bond acceptors (Lipinski definition) is 2. The van der Waals surface area contributed by atoms with Crippen molar-refractivity contribution < 1.29 is 18.0 Å². The molecule has 2 nitrogen and oxygen atoms in total. The van der Waals surface area contributed by atoms with Gasteiger partial charge in [-0.05, 0) is 39.8 Å². The molecular formula is C11H18F3NO. The van der Waals surface area contributed by atoms with Gasteiger partial charge in [0, 0.05) is 6.42 Å². The first-order valence-corrected chi connectivity index (χ1v) is 5.58. The maximum absolute atomic E-state index is 12.0. The van der Waals surface area contributed by atoms with E-state index >= 15 is 0 Å². The van der Waals surface area contributed by atoms with Gasteiger partial charge in [-0.15, -0.1) is 0 Å². The van der Waals surface area contributed by atoms with Crippen molar-refractivity contribution in [3.8, 4) is 0 Å². The van der Waals surface area contributed by atoms with E-state index < -0.39 is 24.6 Å². The van der Waals surface area contributed by atoms with Crippen molar-refractivity contribution in [1.29, 1.82) is 0 Å². The van der Waals surface area contributed by atoms with E-state index in [9.17, 15) is 18.0 Å². The Balaban J connectivity index is 2.51. The summed E-state index contributed by atoms with van der Waals surface area (Å²) in [7, 11) is 0. The molecule has 1 aliphatic heterocycles. The Hall–Kier alpha value is -0.580. The molecule has 0 unspecified atom stereocenters. The van der Waals surface area contributed by atoms with Crippen LogP contribution in [0.4, 0.5) is 13.2 Å². The highest BCUT2D eigenvalue weighted by Gasteiger charge is 2.37. The Labute approximate surface area is 93.8 Å². The monoisotopic (exact) mass is 237 g/mol. The van der Waals surface area contributed by atoms with Crippen LogP contribution < -0.4 is 0 Å². The Bertz CT molecular complexity index is 254. The van der Waals surface area contributed by atoms with Crippen LogP contribution in [0.1, 0.15) is 39.5 Å². The summed E-state index contributed by atoms with van der Waals surface area (Å²) in [5.41, 5.74) is -0.748. The topological polar surface area (TPSA) is 20.3 Å². The van der Waals surface area contributed by atoms with Crippen LogP contribution >= 0.6 is 0 Å². The van der Waals surface area contributed by atoms with Gasteiger partial charge in [0.1, 0.15) is 0 Å². The van der Waals surface area contributed by atoms with Gasteiger partial charge < -0.3 is 0 Å². The molecule has 0 N–H and O–H groups in total. The van der Waals surface area contributed by atoms with Crippen molar-refractivity contribution >= 4 is 5.78 Å². The standard InChI is InChI=1S/C11H18F3NO/c1-10(2,15-7-3-4-8-15)9(16)5-6-11(12,13)14/h3-8H2,1-2H3. The van der Waals surface area contributed by atoms with Crippen LogP contribution in [0.3, 0.4) is 0 Å². The number of carbonyl (C=O) groups is 1. The lowest BCUT2D eigenvalue weighted by molar-refractivity contribution is -0.147. The van der Waals surface area contributed by atoms with Gasteiger partial charge in [-0.2, -0.15) is 13.2 Å². The number of rotatable bonds is 4. The van der Waals surface area contributed by atoms with E-state index in [-0.39, 0.29) is 5.78 Å². The largest absolute Gasteiger partial charge is 0.389 e. The highest BCUT2D eigenvalue weighted by molar-refractivity contribution is 5.87. The average Bonchev–Trinajstić information content (AvgIpc) is 2.65. The van der Waals surface area contributed by atoms with E-state index in [1.165, 1.54) is 0 Å². The van der Waals surface area contributed by atoms with Crippen LogP contribution in [-0.4, -0.2) is 35.5 Å². The van der Waals surface area contributed by atoms with Crippen LogP contribution in [-0.2, 0) is 4.79 Å². The molecule has 1 aliphatic rings. The zero-order chi connectivity index (χ0) is 12.4. The van der Waals surface area contributed by atoms with Crippen molar-refractivity contribution in [3.05, 3.63) is 0 Å². The second-order valence-corrected chi connectivity index (χ2v) is 4.79. The minimum Gasteiger partial charge on any atom is -0.298 e. The molecule has 0 amide bonds. The zero-order valence-corrected chi connectivity index (χ0v) is 9.73. The van der Waals surface area contributed by atoms with Gasteiger partial charge in [0.2, 0.25) is 0 Å². The molecule has 0 aromatic carbocycles. The second kappa shape index (κ2) is 4.73. The summed E-state index contributed by atoms with van der Waals surface area (Å²) in [5.74, 6) is -0.313. The summed E-state index contributed by atoms with van der Waals surface area (Å²) < 4.78 is 36.0. The van der Waals surface area contributed by atoms with Crippen molar-refractivity contribution in [2.75, 3.05) is 13.1 Å². The minimum atomic E-state index is -4.24. The Morgan fingerprint density at radius 1 is 1.19 bits per heavy atom. The van der Waals surface area contributed by atoms with E-state index in [0.29, 0.717) is 0 Å². The summed E-state index contributed by atoms with van der Waals surface area (Å²) in [6.07, 6.45) is -3.61. The fraction of sp³-hybridized carbons (Fsp3) is 0.909. The molecule has 1 heterocycles. The molecule has 94 valence electrons. The van der Waals surface area contributed by atoms with Crippen LogP contribution in [0.15, 0.2) is 0 Å². The quantitative estimate of drug-likeness (QED) is 0.749. The lowest BCUT2D eigenvalue weighted by Gasteiger charge is -2.34. The summed E-state index contributed by atoms with van der Waals surface area (Å²) in [6.45, 7) is 5.06. The van der Waals surface area contributed by atoms with Crippen LogP contribution in [0.2, 0.25) is 0 Å². The number of Topliss-reactive ketones (excluding diaryl/α,β-unsaturated/α-hetero) is 1. The molecule has 1 rings (SSSR count). The number of hydrogen-bond donors (Lipinski definition) is 0. The zero-order valence-electron chi connectivity index (χ0n) is 9.73. The SMILES string of the molecule is CC(C)(C(=O)CCC(F)(F)F)N1CCCC1. The number of alkyl halides is 3. The first kappa shape index (κ1) is 13.5. The normalized spacial score (nSPS) is 19.1. The number of carbonyl (C=O) groups excluding carboxylic acids is 1. The first-order chi connectivity index (χ1) is 7.23. The molecule has 0 atom stereocenters. The number of likely N-dealkylation sites (tertiary alicyclic amines) is 1. The molecule has 1 fully saturated rings. The number of halogens is 3. The Morgan fingerprint density at radius 3 is 2.12 bits per heavy atom. The molecule has 1 saturated heterocycles. The Kier molecular flexibility index (Phi) is 3.99. The smallest absolute Gasteiger partial charge is 0.298 e. The highest BCUT2D eigenvalue weighted by Crippen LogP contribution is 2.27. The van der Waals surface area contributed by atoms with Crippen LogP contribution in [0, 0.1) is 0 Å². The average molecular weight is 237 g/mol. The van der Waals surface area contributed by atoms with Gasteiger partial charge in [0.25, 0.3) is 0 Å². The molecular weight excluding hydrogens is 219 g/mol. The van der Waals surface area contributed by atoms with Crippen molar-refractivity contribution in [3.63, 3.8) is 0 Å². The summed E-state index contributed by atoms with van der Waals surface area (Å²) in [4.78, 5) is 13.7.